The van der Waals surface area contributed by atoms with Gasteiger partial charge in [0.1, 0.15) is 0 Å². The van der Waals surface area contributed by atoms with Crippen LogP contribution in [-0.4, -0.2) is 46.1 Å². The Hall–Kier alpha value is -1.53. The number of carbonyl (C=O) groups excluding carboxylic acids is 1. The molecule has 1 aliphatic heterocycles. The highest BCUT2D eigenvalue weighted by Crippen LogP contribution is 2.12. The molecule has 0 aliphatic carbocycles. The lowest BCUT2D eigenvalue weighted by molar-refractivity contribution is -0.121. The van der Waals surface area contributed by atoms with E-state index in [0.29, 0.717) is 19.0 Å². The highest BCUT2D eigenvalue weighted by Gasteiger charge is 2.16. The molecule has 1 unspecified atom stereocenters. The Kier molecular flexibility index (Phi) is 5.34. The van der Waals surface area contributed by atoms with Crippen molar-refractivity contribution < 1.29 is 4.79 Å². The minimum absolute atomic E-state index is 0.149. The monoisotopic (exact) mass is 318 g/mol. The van der Waals surface area contributed by atoms with Crippen molar-refractivity contribution in [1.82, 2.24) is 20.2 Å². The van der Waals surface area contributed by atoms with Crippen LogP contribution < -0.4 is 10.6 Å². The predicted molar refractivity (Wildman–Crippen MR) is 91.1 cm³/mol. The molecule has 1 saturated heterocycles. The van der Waals surface area contributed by atoms with Gasteiger partial charge in [-0.1, -0.05) is 12.1 Å². The number of nitrogens with one attached hydrogen (secondary N) is 2. The molecule has 1 aromatic carbocycles. The van der Waals surface area contributed by atoms with Gasteiger partial charge in [0.05, 0.1) is 17.4 Å². The lowest BCUT2D eigenvalue weighted by atomic mass is 10.2. The fourth-order valence-electron chi connectivity index (χ4n) is 2.71. The minimum Gasteiger partial charge on any atom is -0.356 e. The number of aryl methyl sites for hydroxylation is 1. The van der Waals surface area contributed by atoms with Crippen molar-refractivity contribution in [3.05, 3.63) is 30.6 Å². The molecule has 2 heterocycles. The third-order valence-corrected chi connectivity index (χ3v) is 4.99. The number of para-hydroxylation sites is 2. The van der Waals surface area contributed by atoms with Gasteiger partial charge in [0, 0.05) is 43.6 Å². The molecule has 2 aromatic rings. The molecular weight excluding hydrogens is 296 g/mol. The number of aromatic nitrogens is 2. The van der Waals surface area contributed by atoms with E-state index in [-0.39, 0.29) is 5.91 Å². The van der Waals surface area contributed by atoms with Crippen LogP contribution in [0, 0.1) is 0 Å². The molecule has 1 atom stereocenters. The van der Waals surface area contributed by atoms with Crippen LogP contribution in [0.2, 0.25) is 0 Å². The molecule has 0 spiro atoms. The largest absolute Gasteiger partial charge is 0.356 e. The summed E-state index contributed by atoms with van der Waals surface area (Å²) in [7, 11) is 0. The lowest BCUT2D eigenvalue weighted by Crippen LogP contribution is -2.41. The molecule has 0 bridgehead atoms. The maximum absolute atomic E-state index is 11.9. The molecule has 3 rings (SSSR count). The first kappa shape index (κ1) is 15.4. The van der Waals surface area contributed by atoms with Gasteiger partial charge in [-0.05, 0) is 18.6 Å². The van der Waals surface area contributed by atoms with E-state index in [9.17, 15) is 4.79 Å². The number of hydrogen-bond acceptors (Lipinski definition) is 4. The quantitative estimate of drug-likeness (QED) is 0.795. The molecule has 0 radical (unpaired) electrons. The second kappa shape index (κ2) is 7.65. The summed E-state index contributed by atoms with van der Waals surface area (Å²) >= 11 is 1.92. The second-order valence-electron chi connectivity index (χ2n) is 5.56. The van der Waals surface area contributed by atoms with E-state index in [2.05, 4.69) is 26.3 Å². The van der Waals surface area contributed by atoms with Gasteiger partial charge < -0.3 is 15.2 Å². The van der Waals surface area contributed by atoms with Gasteiger partial charge in [0.2, 0.25) is 5.91 Å². The van der Waals surface area contributed by atoms with Crippen molar-refractivity contribution in [3.8, 4) is 0 Å². The van der Waals surface area contributed by atoms with Crippen molar-refractivity contribution in [2.45, 2.75) is 25.4 Å². The molecule has 1 fully saturated rings. The Balaban J connectivity index is 1.39. The van der Waals surface area contributed by atoms with E-state index in [0.717, 1.165) is 42.0 Å². The number of benzene rings is 1. The van der Waals surface area contributed by atoms with E-state index in [1.807, 2.05) is 36.3 Å². The van der Waals surface area contributed by atoms with Gasteiger partial charge in [-0.15, -0.1) is 0 Å². The van der Waals surface area contributed by atoms with Crippen molar-refractivity contribution >= 4 is 28.7 Å². The van der Waals surface area contributed by atoms with Crippen LogP contribution in [0.15, 0.2) is 30.6 Å². The molecule has 6 heteroatoms. The number of nitrogens with zero attached hydrogens (tertiary/aromatic N) is 2. The van der Waals surface area contributed by atoms with Crippen LogP contribution in [0.4, 0.5) is 0 Å². The number of rotatable bonds is 6. The maximum Gasteiger partial charge on any atom is 0.221 e. The Bertz CT molecular complexity index is 621. The third kappa shape index (κ3) is 4.01. The summed E-state index contributed by atoms with van der Waals surface area (Å²) in [6.07, 6.45) is 3.37. The summed E-state index contributed by atoms with van der Waals surface area (Å²) in [4.78, 5) is 16.3. The first-order valence-electron chi connectivity index (χ1n) is 7.80. The molecular formula is C16H22N4OS. The molecule has 0 saturated carbocycles. The Morgan fingerprint density at radius 3 is 3.23 bits per heavy atom. The van der Waals surface area contributed by atoms with Crippen molar-refractivity contribution in [3.63, 3.8) is 0 Å². The summed E-state index contributed by atoms with van der Waals surface area (Å²) in [5, 5.41) is 6.41. The topological polar surface area (TPSA) is 59.0 Å². The summed E-state index contributed by atoms with van der Waals surface area (Å²) in [5.74, 6) is 2.33. The number of thioether (sulfide) groups is 1. The lowest BCUT2D eigenvalue weighted by Gasteiger charge is -2.22. The Labute approximate surface area is 134 Å². The molecule has 1 aromatic heterocycles. The second-order valence-corrected chi connectivity index (χ2v) is 6.71. The van der Waals surface area contributed by atoms with E-state index >= 15 is 0 Å². The van der Waals surface area contributed by atoms with E-state index < -0.39 is 0 Å². The molecule has 1 amide bonds. The number of amides is 1. The highest BCUT2D eigenvalue weighted by atomic mass is 32.2. The van der Waals surface area contributed by atoms with Crippen LogP contribution >= 0.6 is 11.8 Å². The van der Waals surface area contributed by atoms with Crippen LogP contribution in [-0.2, 0) is 11.3 Å². The molecule has 5 nitrogen and oxygen atoms in total. The van der Waals surface area contributed by atoms with Crippen LogP contribution in [0.25, 0.3) is 11.0 Å². The van der Waals surface area contributed by atoms with Gasteiger partial charge >= 0.3 is 0 Å². The number of carbonyl (C=O) groups is 1. The van der Waals surface area contributed by atoms with E-state index in [1.165, 1.54) is 0 Å². The highest BCUT2D eigenvalue weighted by molar-refractivity contribution is 7.99. The minimum atomic E-state index is 0.149. The summed E-state index contributed by atoms with van der Waals surface area (Å²) in [6, 6.07) is 8.45. The zero-order chi connectivity index (χ0) is 15.2. The van der Waals surface area contributed by atoms with E-state index in [4.69, 9.17) is 0 Å². The average Bonchev–Trinajstić information content (AvgIpc) is 2.96. The SMILES string of the molecule is O=C(CC1CSCCN1)NCCCn1cnc2ccccc21. The van der Waals surface area contributed by atoms with Crippen LogP contribution in [0.3, 0.4) is 0 Å². The molecule has 22 heavy (non-hydrogen) atoms. The number of fused-ring (bicyclic) bond motifs is 1. The Morgan fingerprint density at radius 1 is 1.45 bits per heavy atom. The van der Waals surface area contributed by atoms with Gasteiger partial charge in [0.25, 0.3) is 0 Å². The van der Waals surface area contributed by atoms with E-state index in [1.54, 1.807) is 0 Å². The smallest absolute Gasteiger partial charge is 0.221 e. The predicted octanol–water partition coefficient (Wildman–Crippen LogP) is 1.64. The maximum atomic E-state index is 11.9. The van der Waals surface area contributed by atoms with Crippen molar-refractivity contribution in [1.29, 1.82) is 0 Å². The van der Waals surface area contributed by atoms with Crippen molar-refractivity contribution in [2.75, 3.05) is 24.6 Å². The standard InChI is InChI=1S/C16H22N4OS/c21-16(10-13-11-22-9-7-17-13)18-6-3-8-20-12-19-14-4-1-2-5-15(14)20/h1-2,4-5,12-13,17H,3,6-11H2,(H,18,21). The third-order valence-electron chi connectivity index (χ3n) is 3.86. The first-order chi connectivity index (χ1) is 10.8. The number of hydrogen-bond donors (Lipinski definition) is 2. The fraction of sp³-hybridized carbons (Fsp3) is 0.500. The zero-order valence-corrected chi connectivity index (χ0v) is 13.4. The number of imidazole rings is 1. The van der Waals surface area contributed by atoms with Gasteiger partial charge in [0.15, 0.2) is 0 Å². The van der Waals surface area contributed by atoms with Gasteiger partial charge in [-0.3, -0.25) is 4.79 Å². The van der Waals surface area contributed by atoms with Gasteiger partial charge in [-0.2, -0.15) is 11.8 Å². The fourth-order valence-corrected chi connectivity index (χ4v) is 3.66. The van der Waals surface area contributed by atoms with Crippen molar-refractivity contribution in [2.24, 2.45) is 0 Å². The zero-order valence-electron chi connectivity index (χ0n) is 12.6. The molecule has 2 N–H and O–H groups in total. The summed E-state index contributed by atoms with van der Waals surface area (Å²) in [6.45, 7) is 2.60. The van der Waals surface area contributed by atoms with Crippen LogP contribution in [0.1, 0.15) is 12.8 Å². The molecule has 118 valence electrons. The molecule has 1 aliphatic rings. The normalized spacial score (nSPS) is 18.5. The average molecular weight is 318 g/mol. The first-order valence-corrected chi connectivity index (χ1v) is 8.96. The van der Waals surface area contributed by atoms with Crippen LogP contribution in [0.5, 0.6) is 0 Å². The van der Waals surface area contributed by atoms with Gasteiger partial charge in [-0.25, -0.2) is 4.98 Å². The summed E-state index contributed by atoms with van der Waals surface area (Å²) < 4.78 is 2.14. The summed E-state index contributed by atoms with van der Waals surface area (Å²) in [5.41, 5.74) is 2.17. The Morgan fingerprint density at radius 2 is 2.36 bits per heavy atom.